The highest BCUT2D eigenvalue weighted by atomic mass is 16.5. The lowest BCUT2D eigenvalue weighted by atomic mass is 10.4. The van der Waals surface area contributed by atoms with Crippen LogP contribution in [0.1, 0.15) is 19.8 Å². The Labute approximate surface area is 77.2 Å². The van der Waals surface area contributed by atoms with Gasteiger partial charge < -0.3 is 9.64 Å². The van der Waals surface area contributed by atoms with E-state index in [-0.39, 0.29) is 5.91 Å². The Hall–Kier alpha value is -1.32. The first-order valence-electron chi connectivity index (χ1n) is 4.38. The van der Waals surface area contributed by atoms with Crippen molar-refractivity contribution >= 4 is 11.9 Å². The van der Waals surface area contributed by atoms with E-state index in [1.165, 1.54) is 17.2 Å². The summed E-state index contributed by atoms with van der Waals surface area (Å²) in [6.07, 6.45) is 4.22. The molecule has 1 amide bonds. The van der Waals surface area contributed by atoms with E-state index in [1.807, 2.05) is 0 Å². The lowest BCUT2D eigenvalue weighted by molar-refractivity contribution is -0.137. The van der Waals surface area contributed by atoms with Crippen molar-refractivity contribution in [2.24, 2.45) is 0 Å². The number of amides is 1. The molecule has 0 atom stereocenters. The number of likely N-dealkylation sites (tertiary alicyclic amines) is 1. The highest BCUT2D eigenvalue weighted by molar-refractivity contribution is 5.84. The third-order valence-corrected chi connectivity index (χ3v) is 1.79. The third-order valence-electron chi connectivity index (χ3n) is 1.79. The Morgan fingerprint density at radius 2 is 2.46 bits per heavy atom. The zero-order valence-electron chi connectivity index (χ0n) is 7.66. The molecule has 4 heteroatoms. The summed E-state index contributed by atoms with van der Waals surface area (Å²) in [6.45, 7) is 2.80. The van der Waals surface area contributed by atoms with E-state index < -0.39 is 5.97 Å². The van der Waals surface area contributed by atoms with Crippen LogP contribution < -0.4 is 0 Å². The van der Waals surface area contributed by atoms with Gasteiger partial charge in [-0.25, -0.2) is 4.79 Å². The molecule has 1 aliphatic heterocycles. The van der Waals surface area contributed by atoms with Crippen molar-refractivity contribution in [3.05, 3.63) is 12.3 Å². The average molecular weight is 183 g/mol. The van der Waals surface area contributed by atoms with Crippen LogP contribution in [0.5, 0.6) is 0 Å². The van der Waals surface area contributed by atoms with Crippen LogP contribution in [0.4, 0.5) is 0 Å². The summed E-state index contributed by atoms with van der Waals surface area (Å²) in [7, 11) is 0. The molecule has 0 aliphatic carbocycles. The van der Waals surface area contributed by atoms with Gasteiger partial charge in [0.1, 0.15) is 0 Å². The average Bonchev–Trinajstić information content (AvgIpc) is 2.48. The van der Waals surface area contributed by atoms with Crippen LogP contribution in [0.25, 0.3) is 0 Å². The second-order valence-corrected chi connectivity index (χ2v) is 2.76. The van der Waals surface area contributed by atoms with E-state index in [0.717, 1.165) is 6.42 Å². The van der Waals surface area contributed by atoms with Gasteiger partial charge in [-0.15, -0.1) is 0 Å². The maximum absolute atomic E-state index is 11.1. The number of esters is 1. The summed E-state index contributed by atoms with van der Waals surface area (Å²) in [6, 6.07) is 0. The van der Waals surface area contributed by atoms with E-state index >= 15 is 0 Å². The monoisotopic (exact) mass is 183 g/mol. The van der Waals surface area contributed by atoms with Gasteiger partial charge in [-0.05, 0) is 13.3 Å². The molecule has 0 spiro atoms. The Morgan fingerprint density at radius 3 is 3.00 bits per heavy atom. The largest absolute Gasteiger partial charge is 0.463 e. The van der Waals surface area contributed by atoms with Gasteiger partial charge in [-0.2, -0.15) is 0 Å². The maximum Gasteiger partial charge on any atom is 0.332 e. The molecule has 1 saturated heterocycles. The fraction of sp³-hybridized carbons (Fsp3) is 0.556. The van der Waals surface area contributed by atoms with Crippen molar-refractivity contribution in [1.29, 1.82) is 0 Å². The molecule has 0 unspecified atom stereocenters. The van der Waals surface area contributed by atoms with Crippen LogP contribution in [-0.2, 0) is 14.3 Å². The number of ether oxygens (including phenoxy) is 1. The minimum absolute atomic E-state index is 0.0700. The fourth-order valence-corrected chi connectivity index (χ4v) is 1.17. The van der Waals surface area contributed by atoms with E-state index in [9.17, 15) is 9.59 Å². The van der Waals surface area contributed by atoms with Crippen LogP contribution in [0.2, 0.25) is 0 Å². The zero-order valence-corrected chi connectivity index (χ0v) is 7.66. The first-order valence-corrected chi connectivity index (χ1v) is 4.38. The fourth-order valence-electron chi connectivity index (χ4n) is 1.17. The van der Waals surface area contributed by atoms with Crippen LogP contribution in [0, 0.1) is 0 Å². The highest BCUT2D eigenvalue weighted by Gasteiger charge is 2.17. The number of hydrogen-bond acceptors (Lipinski definition) is 3. The number of hydrogen-bond donors (Lipinski definition) is 0. The highest BCUT2D eigenvalue weighted by Crippen LogP contribution is 2.09. The van der Waals surface area contributed by atoms with Crippen LogP contribution in [0.3, 0.4) is 0 Å². The van der Waals surface area contributed by atoms with Gasteiger partial charge in [0.2, 0.25) is 5.91 Å². The smallest absolute Gasteiger partial charge is 0.332 e. The summed E-state index contributed by atoms with van der Waals surface area (Å²) >= 11 is 0. The molecular weight excluding hydrogens is 170 g/mol. The van der Waals surface area contributed by atoms with Crippen LogP contribution in [0.15, 0.2) is 12.3 Å². The van der Waals surface area contributed by atoms with Crippen molar-refractivity contribution in [3.8, 4) is 0 Å². The van der Waals surface area contributed by atoms with Gasteiger partial charge in [0, 0.05) is 25.2 Å². The molecule has 0 aromatic rings. The zero-order chi connectivity index (χ0) is 9.68. The van der Waals surface area contributed by atoms with Crippen molar-refractivity contribution in [3.63, 3.8) is 0 Å². The third kappa shape index (κ3) is 2.89. The standard InChI is InChI=1S/C9H13NO3/c1-2-13-9(12)5-7-10-6-3-4-8(10)11/h5,7H,2-4,6H2,1H3/b7-5+. The number of rotatable bonds is 3. The lowest BCUT2D eigenvalue weighted by Crippen LogP contribution is -2.18. The quantitative estimate of drug-likeness (QED) is 0.477. The SMILES string of the molecule is CCOC(=O)/C=C/N1CCCC1=O. The van der Waals surface area contributed by atoms with Crippen molar-refractivity contribution < 1.29 is 14.3 Å². The Morgan fingerprint density at radius 1 is 1.69 bits per heavy atom. The molecule has 13 heavy (non-hydrogen) atoms. The molecule has 0 bridgehead atoms. The van der Waals surface area contributed by atoms with Gasteiger partial charge in [0.05, 0.1) is 6.61 Å². The normalized spacial score (nSPS) is 17.0. The number of carbonyl (C=O) groups is 2. The Balaban J connectivity index is 2.38. The summed E-state index contributed by atoms with van der Waals surface area (Å²) in [5.41, 5.74) is 0. The molecule has 1 heterocycles. The predicted octanol–water partition coefficient (Wildman–Crippen LogP) is 0.686. The molecule has 72 valence electrons. The van der Waals surface area contributed by atoms with Gasteiger partial charge in [0.25, 0.3) is 0 Å². The Bertz CT molecular complexity index is 235. The number of nitrogens with zero attached hydrogens (tertiary/aromatic N) is 1. The van der Waals surface area contributed by atoms with Crippen LogP contribution in [-0.4, -0.2) is 29.9 Å². The molecule has 0 aromatic heterocycles. The molecule has 1 aliphatic rings. The summed E-state index contributed by atoms with van der Waals surface area (Å²) in [5.74, 6) is -0.331. The molecule has 0 N–H and O–H groups in total. The summed E-state index contributed by atoms with van der Waals surface area (Å²) in [5, 5.41) is 0. The molecule has 0 radical (unpaired) electrons. The van der Waals surface area contributed by atoms with Crippen molar-refractivity contribution in [1.82, 2.24) is 4.90 Å². The second kappa shape index (κ2) is 4.64. The van der Waals surface area contributed by atoms with Gasteiger partial charge >= 0.3 is 5.97 Å². The van der Waals surface area contributed by atoms with Crippen LogP contribution >= 0.6 is 0 Å². The second-order valence-electron chi connectivity index (χ2n) is 2.76. The lowest BCUT2D eigenvalue weighted by Gasteiger charge is -2.07. The number of carbonyl (C=O) groups excluding carboxylic acids is 2. The topological polar surface area (TPSA) is 46.6 Å². The first kappa shape index (κ1) is 9.77. The minimum Gasteiger partial charge on any atom is -0.463 e. The summed E-state index contributed by atoms with van der Waals surface area (Å²) < 4.78 is 4.67. The van der Waals surface area contributed by atoms with E-state index in [0.29, 0.717) is 19.6 Å². The van der Waals surface area contributed by atoms with Crippen molar-refractivity contribution in [2.45, 2.75) is 19.8 Å². The molecule has 4 nitrogen and oxygen atoms in total. The van der Waals surface area contributed by atoms with E-state index in [4.69, 9.17) is 0 Å². The maximum atomic E-state index is 11.1. The molecular formula is C9H13NO3. The van der Waals surface area contributed by atoms with Gasteiger partial charge in [-0.3, -0.25) is 4.79 Å². The molecule has 0 aromatic carbocycles. The summed E-state index contributed by atoms with van der Waals surface area (Å²) in [4.78, 5) is 23.5. The Kier molecular flexibility index (Phi) is 3.49. The van der Waals surface area contributed by atoms with E-state index in [2.05, 4.69) is 4.74 Å². The minimum atomic E-state index is -0.401. The molecule has 1 fully saturated rings. The first-order chi connectivity index (χ1) is 6.24. The van der Waals surface area contributed by atoms with Crippen molar-refractivity contribution in [2.75, 3.05) is 13.2 Å². The molecule has 1 rings (SSSR count). The van der Waals surface area contributed by atoms with E-state index in [1.54, 1.807) is 6.92 Å². The van der Waals surface area contributed by atoms with Gasteiger partial charge in [-0.1, -0.05) is 0 Å². The predicted molar refractivity (Wildman–Crippen MR) is 46.7 cm³/mol. The van der Waals surface area contributed by atoms with Gasteiger partial charge in [0.15, 0.2) is 0 Å². The molecule has 0 saturated carbocycles.